The number of hydrogen-bond acceptors (Lipinski definition) is 7. The molecule has 0 aromatic heterocycles. The van der Waals surface area contributed by atoms with Crippen molar-refractivity contribution in [3.8, 4) is 23.0 Å². The van der Waals surface area contributed by atoms with Gasteiger partial charge in [0.1, 0.15) is 11.5 Å². The normalized spacial score (nSPS) is 15.8. The number of carbonyl (C=O) groups excluding carboxylic acids is 1. The highest BCUT2D eigenvalue weighted by Gasteiger charge is 2.19. The summed E-state index contributed by atoms with van der Waals surface area (Å²) in [6.45, 7) is 5.72. The molecule has 0 saturated carbocycles. The molecular formula is C28H30N4O4. The molecule has 2 heterocycles. The first kappa shape index (κ1) is 23.8. The van der Waals surface area contributed by atoms with Crippen molar-refractivity contribution in [2.24, 2.45) is 5.10 Å². The Morgan fingerprint density at radius 1 is 0.889 bits per heavy atom. The molecule has 8 nitrogen and oxygen atoms in total. The summed E-state index contributed by atoms with van der Waals surface area (Å²) in [6.07, 6.45) is 2.04. The maximum Gasteiger partial charge on any atom is 0.241 e. The molecule has 2 aliphatic rings. The van der Waals surface area contributed by atoms with Gasteiger partial charge in [0, 0.05) is 45.7 Å². The van der Waals surface area contributed by atoms with Gasteiger partial charge in [-0.1, -0.05) is 36.4 Å². The molecule has 1 saturated heterocycles. The molecule has 0 bridgehead atoms. The van der Waals surface area contributed by atoms with Crippen LogP contribution in [0, 0.1) is 0 Å². The zero-order valence-electron chi connectivity index (χ0n) is 20.1. The van der Waals surface area contributed by atoms with Gasteiger partial charge in [-0.3, -0.25) is 9.69 Å². The van der Waals surface area contributed by atoms with Crippen LogP contribution in [0.2, 0.25) is 0 Å². The molecule has 0 spiro atoms. The molecule has 8 heteroatoms. The van der Waals surface area contributed by atoms with E-state index in [-0.39, 0.29) is 5.91 Å². The van der Waals surface area contributed by atoms with Crippen molar-refractivity contribution in [3.05, 3.63) is 83.9 Å². The van der Waals surface area contributed by atoms with Gasteiger partial charge in [-0.25, -0.2) is 5.43 Å². The lowest BCUT2D eigenvalue weighted by atomic mass is 10.1. The number of piperazine rings is 1. The average molecular weight is 487 g/mol. The van der Waals surface area contributed by atoms with Gasteiger partial charge in [-0.15, -0.1) is 0 Å². The third kappa shape index (κ3) is 6.62. The van der Waals surface area contributed by atoms with Crippen molar-refractivity contribution in [2.75, 3.05) is 39.5 Å². The van der Waals surface area contributed by atoms with Crippen LogP contribution in [0.1, 0.15) is 17.5 Å². The van der Waals surface area contributed by atoms with Gasteiger partial charge in [0.15, 0.2) is 11.5 Å². The van der Waals surface area contributed by atoms with E-state index in [1.807, 2.05) is 60.7 Å². The van der Waals surface area contributed by atoms with Crippen molar-refractivity contribution < 1.29 is 19.0 Å². The maximum atomic E-state index is 12.3. The summed E-state index contributed by atoms with van der Waals surface area (Å²) < 4.78 is 16.7. The molecule has 1 fully saturated rings. The molecule has 186 valence electrons. The van der Waals surface area contributed by atoms with Crippen LogP contribution in [0.5, 0.6) is 23.0 Å². The van der Waals surface area contributed by atoms with Crippen molar-refractivity contribution in [3.63, 3.8) is 0 Å². The topological polar surface area (TPSA) is 75.6 Å². The zero-order valence-corrected chi connectivity index (χ0v) is 20.1. The van der Waals surface area contributed by atoms with Gasteiger partial charge < -0.3 is 19.1 Å². The Labute approximate surface area is 211 Å². The highest BCUT2D eigenvalue weighted by atomic mass is 16.7. The number of nitrogens with zero attached hydrogens (tertiary/aromatic N) is 3. The maximum absolute atomic E-state index is 12.3. The summed E-state index contributed by atoms with van der Waals surface area (Å²) in [4.78, 5) is 17.0. The second-order valence-electron chi connectivity index (χ2n) is 8.84. The number of hydrogen-bond donors (Lipinski definition) is 1. The first-order valence-electron chi connectivity index (χ1n) is 12.2. The van der Waals surface area contributed by atoms with Crippen molar-refractivity contribution in [2.45, 2.75) is 13.0 Å². The molecule has 0 unspecified atom stereocenters. The van der Waals surface area contributed by atoms with Gasteiger partial charge in [0.05, 0.1) is 6.21 Å². The molecule has 0 aliphatic carbocycles. The lowest BCUT2D eigenvalue weighted by Crippen LogP contribution is -2.46. The van der Waals surface area contributed by atoms with E-state index in [1.165, 1.54) is 5.56 Å². The summed E-state index contributed by atoms with van der Waals surface area (Å²) in [5.74, 6) is 3.04. The minimum atomic E-state index is -0.0919. The Hall–Kier alpha value is -3.88. The summed E-state index contributed by atoms with van der Waals surface area (Å²) in [6, 6.07) is 23.3. The van der Waals surface area contributed by atoms with Gasteiger partial charge in [0.25, 0.3) is 0 Å². The number of hydrazone groups is 1. The van der Waals surface area contributed by atoms with E-state index in [4.69, 9.17) is 14.2 Å². The van der Waals surface area contributed by atoms with Gasteiger partial charge in [0.2, 0.25) is 12.7 Å². The summed E-state index contributed by atoms with van der Waals surface area (Å²) in [7, 11) is 0. The number of rotatable bonds is 9. The smallest absolute Gasteiger partial charge is 0.241 e. The monoisotopic (exact) mass is 486 g/mol. The predicted molar refractivity (Wildman–Crippen MR) is 138 cm³/mol. The number of carbonyl (C=O) groups is 1. The van der Waals surface area contributed by atoms with Gasteiger partial charge >= 0.3 is 0 Å². The fraction of sp³-hybridized carbons (Fsp3) is 0.286. The number of nitrogens with one attached hydrogen (secondary N) is 1. The molecular weight excluding hydrogens is 456 g/mol. The number of ether oxygens (including phenoxy) is 3. The highest BCUT2D eigenvalue weighted by Crippen LogP contribution is 2.32. The average Bonchev–Trinajstić information content (AvgIpc) is 3.37. The van der Waals surface area contributed by atoms with Crippen LogP contribution in [0.3, 0.4) is 0 Å². The van der Waals surface area contributed by atoms with Crippen LogP contribution in [0.25, 0.3) is 0 Å². The molecule has 1 amide bonds. The quantitative estimate of drug-likeness (QED) is 0.366. The number of fused-ring (bicyclic) bond motifs is 1. The second kappa shape index (κ2) is 11.7. The summed E-state index contributed by atoms with van der Waals surface area (Å²) >= 11 is 0. The number of para-hydroxylation sites is 1. The minimum absolute atomic E-state index is 0.0919. The molecule has 0 radical (unpaired) electrons. The Morgan fingerprint density at radius 3 is 2.53 bits per heavy atom. The first-order valence-corrected chi connectivity index (χ1v) is 12.2. The summed E-state index contributed by atoms with van der Waals surface area (Å²) in [5.41, 5.74) is 4.71. The molecule has 3 aromatic carbocycles. The number of amides is 1. The minimum Gasteiger partial charge on any atom is -0.457 e. The second-order valence-corrected chi connectivity index (χ2v) is 8.84. The zero-order chi connectivity index (χ0) is 24.6. The molecule has 36 heavy (non-hydrogen) atoms. The SMILES string of the molecule is O=C(CCN1CCN(Cc2ccc3c(c2)OCO3)CC1)N/N=C\c1cccc(Oc2ccccc2)c1. The Bertz CT molecular complexity index is 1190. The fourth-order valence-corrected chi connectivity index (χ4v) is 4.25. The molecule has 3 aromatic rings. The number of benzene rings is 3. The standard InChI is InChI=1S/C28H30N4O4/c33-28(30-29-19-22-5-4-8-25(17-22)36-24-6-2-1-3-7-24)11-12-31-13-15-32(16-14-31)20-23-9-10-26-27(18-23)35-21-34-26/h1-10,17-19H,11-16,20-21H2,(H,30,33)/b29-19-. The molecule has 5 rings (SSSR count). The van der Waals surface area contributed by atoms with Crippen LogP contribution >= 0.6 is 0 Å². The van der Waals surface area contributed by atoms with E-state index < -0.39 is 0 Å². The van der Waals surface area contributed by atoms with E-state index in [0.29, 0.717) is 19.0 Å². The van der Waals surface area contributed by atoms with Crippen LogP contribution < -0.4 is 19.6 Å². The van der Waals surface area contributed by atoms with Crippen LogP contribution in [0.4, 0.5) is 0 Å². The van der Waals surface area contributed by atoms with Gasteiger partial charge in [-0.05, 0) is 47.5 Å². The van der Waals surface area contributed by atoms with Crippen molar-refractivity contribution in [1.29, 1.82) is 0 Å². The first-order chi connectivity index (χ1) is 17.7. The third-order valence-corrected chi connectivity index (χ3v) is 6.20. The molecule has 1 N–H and O–H groups in total. The van der Waals surface area contributed by atoms with Crippen LogP contribution in [-0.2, 0) is 11.3 Å². The van der Waals surface area contributed by atoms with E-state index >= 15 is 0 Å². The Balaban J connectivity index is 1.01. The van der Waals surface area contributed by atoms with Gasteiger partial charge in [-0.2, -0.15) is 5.10 Å². The Morgan fingerprint density at radius 2 is 1.67 bits per heavy atom. The highest BCUT2D eigenvalue weighted by molar-refractivity contribution is 5.82. The van der Waals surface area contributed by atoms with Crippen LogP contribution in [0.15, 0.2) is 77.9 Å². The Kier molecular flexibility index (Phi) is 7.75. The van der Waals surface area contributed by atoms with E-state index in [1.54, 1.807) is 6.21 Å². The summed E-state index contributed by atoms with van der Waals surface area (Å²) in [5, 5.41) is 4.11. The van der Waals surface area contributed by atoms with Crippen molar-refractivity contribution >= 4 is 12.1 Å². The third-order valence-electron chi connectivity index (χ3n) is 6.20. The van der Waals surface area contributed by atoms with Crippen LogP contribution in [-0.4, -0.2) is 61.4 Å². The largest absolute Gasteiger partial charge is 0.457 e. The lowest BCUT2D eigenvalue weighted by Gasteiger charge is -2.34. The lowest BCUT2D eigenvalue weighted by molar-refractivity contribution is -0.121. The van der Waals surface area contributed by atoms with Crippen molar-refractivity contribution in [1.82, 2.24) is 15.2 Å². The molecule has 0 atom stereocenters. The predicted octanol–water partition coefficient (Wildman–Crippen LogP) is 3.87. The molecule has 2 aliphatic heterocycles. The van der Waals surface area contributed by atoms with E-state index in [9.17, 15) is 4.79 Å². The van der Waals surface area contributed by atoms with E-state index in [0.717, 1.165) is 62.1 Å². The van der Waals surface area contributed by atoms with E-state index in [2.05, 4.69) is 32.5 Å². The fourth-order valence-electron chi connectivity index (χ4n) is 4.25.